The zero-order valence-electron chi connectivity index (χ0n) is 15.0. The van der Waals surface area contributed by atoms with E-state index in [1.54, 1.807) is 36.0 Å². The summed E-state index contributed by atoms with van der Waals surface area (Å²) >= 11 is 1.43. The highest BCUT2D eigenvalue weighted by molar-refractivity contribution is 7.16. The third-order valence-corrected chi connectivity index (χ3v) is 5.16. The standard InChI is InChI=1S/C19H16FN5OS/c1-11-17(12(2)24(23-11)15-6-4-14(20)5-7-15)10-21-25-13(3)22-18-16(19(25)26)8-9-27-18/h4-10H,1-3H3. The van der Waals surface area contributed by atoms with Crippen molar-refractivity contribution in [2.45, 2.75) is 20.8 Å². The van der Waals surface area contributed by atoms with E-state index in [2.05, 4.69) is 15.2 Å². The van der Waals surface area contributed by atoms with Crippen molar-refractivity contribution in [1.82, 2.24) is 19.4 Å². The lowest BCUT2D eigenvalue weighted by Crippen LogP contribution is -2.19. The van der Waals surface area contributed by atoms with Gasteiger partial charge in [-0.2, -0.15) is 14.9 Å². The third-order valence-electron chi connectivity index (χ3n) is 4.36. The summed E-state index contributed by atoms with van der Waals surface area (Å²) in [6.07, 6.45) is 1.62. The number of rotatable bonds is 3. The fourth-order valence-electron chi connectivity index (χ4n) is 2.93. The van der Waals surface area contributed by atoms with Crippen LogP contribution in [0, 0.1) is 26.6 Å². The van der Waals surface area contributed by atoms with E-state index in [9.17, 15) is 9.18 Å². The molecule has 136 valence electrons. The van der Waals surface area contributed by atoms with Crippen molar-refractivity contribution in [3.8, 4) is 5.69 Å². The zero-order valence-corrected chi connectivity index (χ0v) is 15.8. The molecule has 0 aliphatic heterocycles. The van der Waals surface area contributed by atoms with Gasteiger partial charge in [0.15, 0.2) is 0 Å². The fraction of sp³-hybridized carbons (Fsp3) is 0.158. The van der Waals surface area contributed by atoms with E-state index < -0.39 is 0 Å². The predicted octanol–water partition coefficient (Wildman–Crippen LogP) is 3.59. The van der Waals surface area contributed by atoms with Gasteiger partial charge in [0.05, 0.1) is 28.7 Å². The van der Waals surface area contributed by atoms with Crippen molar-refractivity contribution in [3.05, 3.63) is 74.7 Å². The van der Waals surface area contributed by atoms with Crippen LogP contribution >= 0.6 is 11.3 Å². The molecule has 1 aromatic carbocycles. The van der Waals surface area contributed by atoms with Crippen LogP contribution in [0.4, 0.5) is 4.39 Å². The number of hydrogen-bond acceptors (Lipinski definition) is 5. The van der Waals surface area contributed by atoms with Crippen LogP contribution in [-0.4, -0.2) is 25.7 Å². The summed E-state index contributed by atoms with van der Waals surface area (Å²) in [6.45, 7) is 5.52. The van der Waals surface area contributed by atoms with E-state index in [1.807, 2.05) is 19.2 Å². The number of benzene rings is 1. The summed E-state index contributed by atoms with van der Waals surface area (Å²) in [5, 5.41) is 11.3. The second-order valence-electron chi connectivity index (χ2n) is 6.13. The summed E-state index contributed by atoms with van der Waals surface area (Å²) in [7, 11) is 0. The van der Waals surface area contributed by atoms with E-state index >= 15 is 0 Å². The first-order valence-corrected chi connectivity index (χ1v) is 9.17. The quantitative estimate of drug-likeness (QED) is 0.510. The Morgan fingerprint density at radius 2 is 1.89 bits per heavy atom. The van der Waals surface area contributed by atoms with Gasteiger partial charge in [-0.15, -0.1) is 11.3 Å². The number of halogens is 1. The summed E-state index contributed by atoms with van der Waals surface area (Å²) in [4.78, 5) is 17.8. The van der Waals surface area contributed by atoms with Gasteiger partial charge in [0, 0.05) is 5.56 Å². The van der Waals surface area contributed by atoms with Crippen molar-refractivity contribution < 1.29 is 4.39 Å². The molecule has 3 aromatic heterocycles. The highest BCUT2D eigenvalue weighted by Gasteiger charge is 2.13. The lowest BCUT2D eigenvalue weighted by Gasteiger charge is -2.04. The first-order chi connectivity index (χ1) is 13.0. The molecule has 0 fully saturated rings. The largest absolute Gasteiger partial charge is 0.282 e. The monoisotopic (exact) mass is 381 g/mol. The Bertz CT molecular complexity index is 1230. The highest BCUT2D eigenvalue weighted by atomic mass is 32.1. The van der Waals surface area contributed by atoms with Gasteiger partial charge in [0.25, 0.3) is 5.56 Å². The molecule has 0 amide bonds. The van der Waals surface area contributed by atoms with E-state index in [-0.39, 0.29) is 11.4 Å². The number of aromatic nitrogens is 4. The lowest BCUT2D eigenvalue weighted by atomic mass is 10.2. The summed E-state index contributed by atoms with van der Waals surface area (Å²) in [6, 6.07) is 7.87. The van der Waals surface area contributed by atoms with Crippen molar-refractivity contribution in [1.29, 1.82) is 0 Å². The molecule has 0 unspecified atom stereocenters. The number of hydrogen-bond donors (Lipinski definition) is 0. The number of thiophene rings is 1. The predicted molar refractivity (Wildman–Crippen MR) is 105 cm³/mol. The molecule has 0 atom stereocenters. The Balaban J connectivity index is 1.77. The second-order valence-corrected chi connectivity index (χ2v) is 7.03. The first-order valence-electron chi connectivity index (χ1n) is 8.29. The molecule has 0 saturated carbocycles. The number of fused-ring (bicyclic) bond motifs is 1. The van der Waals surface area contributed by atoms with Gasteiger partial charge in [-0.3, -0.25) is 4.79 Å². The van der Waals surface area contributed by atoms with Crippen molar-refractivity contribution in [2.24, 2.45) is 5.10 Å². The molecule has 3 heterocycles. The highest BCUT2D eigenvalue weighted by Crippen LogP contribution is 2.18. The Hall–Kier alpha value is -3.13. The molecule has 0 saturated heterocycles. The molecule has 0 aliphatic carbocycles. The van der Waals surface area contributed by atoms with Gasteiger partial charge in [-0.25, -0.2) is 14.1 Å². The minimum atomic E-state index is -0.298. The number of aryl methyl sites for hydroxylation is 2. The van der Waals surface area contributed by atoms with Crippen LogP contribution in [0.15, 0.2) is 45.6 Å². The van der Waals surface area contributed by atoms with Crippen molar-refractivity contribution >= 4 is 27.8 Å². The first kappa shape index (κ1) is 17.3. The van der Waals surface area contributed by atoms with Crippen LogP contribution in [0.25, 0.3) is 15.9 Å². The minimum absolute atomic E-state index is 0.198. The molecule has 0 radical (unpaired) electrons. The molecule has 4 rings (SSSR count). The van der Waals surface area contributed by atoms with Crippen LogP contribution in [0.3, 0.4) is 0 Å². The molecule has 8 heteroatoms. The van der Waals surface area contributed by atoms with E-state index in [0.717, 1.165) is 22.6 Å². The topological polar surface area (TPSA) is 65.1 Å². The van der Waals surface area contributed by atoms with Crippen molar-refractivity contribution in [3.63, 3.8) is 0 Å². The Kier molecular flexibility index (Phi) is 4.19. The van der Waals surface area contributed by atoms with Gasteiger partial charge in [-0.05, 0) is 56.5 Å². The maximum absolute atomic E-state index is 13.2. The van der Waals surface area contributed by atoms with Gasteiger partial charge < -0.3 is 0 Å². The molecule has 6 nitrogen and oxygen atoms in total. The Labute approximate surface area is 158 Å². The van der Waals surface area contributed by atoms with Gasteiger partial charge in [0.1, 0.15) is 16.5 Å². The molecule has 0 N–H and O–H groups in total. The maximum Gasteiger partial charge on any atom is 0.282 e. The van der Waals surface area contributed by atoms with E-state index in [1.165, 1.54) is 28.1 Å². The van der Waals surface area contributed by atoms with E-state index in [4.69, 9.17) is 0 Å². The minimum Gasteiger partial charge on any atom is -0.267 e. The van der Waals surface area contributed by atoms with Gasteiger partial charge >= 0.3 is 0 Å². The maximum atomic E-state index is 13.2. The zero-order chi connectivity index (χ0) is 19.1. The molecule has 0 spiro atoms. The van der Waals surface area contributed by atoms with Gasteiger partial charge in [0.2, 0.25) is 0 Å². The Morgan fingerprint density at radius 3 is 2.63 bits per heavy atom. The number of nitrogens with zero attached hydrogens (tertiary/aromatic N) is 5. The molecule has 27 heavy (non-hydrogen) atoms. The molecule has 0 aliphatic rings. The smallest absolute Gasteiger partial charge is 0.267 e. The lowest BCUT2D eigenvalue weighted by molar-refractivity contribution is 0.627. The third kappa shape index (κ3) is 2.97. The van der Waals surface area contributed by atoms with Crippen LogP contribution < -0.4 is 5.56 Å². The van der Waals surface area contributed by atoms with Gasteiger partial charge in [-0.1, -0.05) is 0 Å². The molecule has 4 aromatic rings. The average molecular weight is 381 g/mol. The fourth-order valence-corrected chi connectivity index (χ4v) is 3.73. The molecular weight excluding hydrogens is 365 g/mol. The van der Waals surface area contributed by atoms with Crippen molar-refractivity contribution in [2.75, 3.05) is 0 Å². The Morgan fingerprint density at radius 1 is 1.15 bits per heavy atom. The summed E-state index contributed by atoms with van der Waals surface area (Å²) in [5.41, 5.74) is 2.97. The van der Waals surface area contributed by atoms with Crippen LogP contribution in [0.2, 0.25) is 0 Å². The normalized spacial score (nSPS) is 11.7. The van der Waals surface area contributed by atoms with Crippen LogP contribution in [0.5, 0.6) is 0 Å². The van der Waals surface area contributed by atoms with E-state index in [0.29, 0.717) is 16.0 Å². The van der Waals surface area contributed by atoms with Crippen LogP contribution in [-0.2, 0) is 0 Å². The average Bonchev–Trinajstić information content (AvgIpc) is 3.21. The second kappa shape index (κ2) is 6.55. The van der Waals surface area contributed by atoms with Crippen LogP contribution in [0.1, 0.15) is 22.8 Å². The molecule has 0 bridgehead atoms. The summed E-state index contributed by atoms with van der Waals surface area (Å²) in [5.74, 6) is 0.223. The summed E-state index contributed by atoms with van der Waals surface area (Å²) < 4.78 is 16.2. The molecular formula is C19H16FN5OS. The SMILES string of the molecule is Cc1nn(-c2ccc(F)cc2)c(C)c1C=Nn1c(C)nc2sccc2c1=O.